The van der Waals surface area contributed by atoms with Gasteiger partial charge in [-0.25, -0.2) is 5.43 Å². The van der Waals surface area contributed by atoms with Crippen LogP contribution < -0.4 is 14.9 Å². The molecule has 0 unspecified atom stereocenters. The highest BCUT2D eigenvalue weighted by molar-refractivity contribution is 6.02. The van der Waals surface area contributed by atoms with E-state index in [1.807, 2.05) is 68.4 Å². The van der Waals surface area contributed by atoms with Crippen molar-refractivity contribution in [3.8, 4) is 11.5 Å². The Kier molecular flexibility index (Phi) is 5.71. The standard InChI is InChI=1S/C22H22N2O3/c1-15-8-10-20(16(2)12-15)27-14-22(25)24-23-13-17-9-11-21(26-3)19-7-5-4-6-18(17)19/h4-13H,14H2,1-3H3,(H,24,25)/b23-13+. The Morgan fingerprint density at radius 3 is 2.52 bits per heavy atom. The Bertz CT molecular complexity index is 996. The van der Waals surface area contributed by atoms with E-state index in [1.54, 1.807) is 13.3 Å². The number of carbonyl (C=O) groups is 1. The number of benzene rings is 3. The highest BCUT2D eigenvalue weighted by Crippen LogP contribution is 2.27. The average Bonchev–Trinajstić information content (AvgIpc) is 2.67. The number of carbonyl (C=O) groups excluding carboxylic acids is 1. The Balaban J connectivity index is 1.64. The van der Waals surface area contributed by atoms with Gasteiger partial charge in [-0.15, -0.1) is 0 Å². The van der Waals surface area contributed by atoms with Crippen LogP contribution in [0.3, 0.4) is 0 Å². The van der Waals surface area contributed by atoms with Gasteiger partial charge in [0.2, 0.25) is 0 Å². The van der Waals surface area contributed by atoms with Gasteiger partial charge in [0.15, 0.2) is 6.61 Å². The molecule has 0 radical (unpaired) electrons. The van der Waals surface area contributed by atoms with Crippen LogP contribution in [0.5, 0.6) is 11.5 Å². The fraction of sp³-hybridized carbons (Fsp3) is 0.182. The summed E-state index contributed by atoms with van der Waals surface area (Å²) in [6, 6.07) is 17.5. The summed E-state index contributed by atoms with van der Waals surface area (Å²) in [7, 11) is 1.64. The van der Waals surface area contributed by atoms with Crippen LogP contribution in [-0.4, -0.2) is 25.8 Å². The second-order valence-electron chi connectivity index (χ2n) is 6.25. The SMILES string of the molecule is COc1ccc(/C=N/NC(=O)COc2ccc(C)cc2C)c2ccccc12. The number of nitrogens with one attached hydrogen (secondary N) is 1. The van der Waals surface area contributed by atoms with Crippen LogP contribution in [0.1, 0.15) is 16.7 Å². The summed E-state index contributed by atoms with van der Waals surface area (Å²) >= 11 is 0. The zero-order chi connectivity index (χ0) is 19.2. The number of hydrazone groups is 1. The molecule has 1 amide bonds. The van der Waals surface area contributed by atoms with Gasteiger partial charge in [-0.05, 0) is 43.0 Å². The van der Waals surface area contributed by atoms with Gasteiger partial charge >= 0.3 is 0 Å². The number of rotatable bonds is 6. The van der Waals surface area contributed by atoms with Crippen LogP contribution >= 0.6 is 0 Å². The Hall–Kier alpha value is -3.34. The number of ether oxygens (including phenoxy) is 2. The van der Waals surface area contributed by atoms with E-state index in [1.165, 1.54) is 0 Å². The molecular weight excluding hydrogens is 340 g/mol. The molecule has 0 saturated heterocycles. The number of fused-ring (bicyclic) bond motifs is 1. The van der Waals surface area contributed by atoms with E-state index >= 15 is 0 Å². The summed E-state index contributed by atoms with van der Waals surface area (Å²) in [4.78, 5) is 12.0. The molecule has 0 heterocycles. The van der Waals surface area contributed by atoms with E-state index in [2.05, 4.69) is 10.5 Å². The lowest BCUT2D eigenvalue weighted by Gasteiger charge is -2.09. The van der Waals surface area contributed by atoms with E-state index in [-0.39, 0.29) is 12.5 Å². The van der Waals surface area contributed by atoms with Gasteiger partial charge in [-0.2, -0.15) is 5.10 Å². The summed E-state index contributed by atoms with van der Waals surface area (Å²) < 4.78 is 10.9. The normalized spacial score (nSPS) is 10.9. The molecule has 1 N–H and O–H groups in total. The van der Waals surface area contributed by atoms with Gasteiger partial charge in [0.25, 0.3) is 5.91 Å². The van der Waals surface area contributed by atoms with Crippen LogP contribution in [-0.2, 0) is 4.79 Å². The minimum atomic E-state index is -0.316. The fourth-order valence-corrected chi connectivity index (χ4v) is 2.90. The largest absolute Gasteiger partial charge is 0.496 e. The van der Waals surface area contributed by atoms with E-state index in [4.69, 9.17) is 9.47 Å². The van der Waals surface area contributed by atoms with E-state index in [0.717, 1.165) is 33.2 Å². The molecule has 5 heteroatoms. The van der Waals surface area contributed by atoms with Crippen molar-refractivity contribution in [1.82, 2.24) is 5.43 Å². The molecular formula is C22H22N2O3. The second-order valence-corrected chi connectivity index (χ2v) is 6.25. The highest BCUT2D eigenvalue weighted by atomic mass is 16.5. The van der Waals surface area contributed by atoms with Crippen LogP contribution in [0.2, 0.25) is 0 Å². The number of hydrogen-bond donors (Lipinski definition) is 1. The molecule has 138 valence electrons. The average molecular weight is 362 g/mol. The predicted molar refractivity (Wildman–Crippen MR) is 108 cm³/mol. The lowest BCUT2D eigenvalue weighted by molar-refractivity contribution is -0.123. The van der Waals surface area contributed by atoms with Crippen molar-refractivity contribution in [2.24, 2.45) is 5.10 Å². The monoisotopic (exact) mass is 362 g/mol. The molecule has 5 nitrogen and oxygen atoms in total. The predicted octanol–water partition coefficient (Wildman–Crippen LogP) is 3.99. The molecule has 0 aromatic heterocycles. The first-order chi connectivity index (χ1) is 13.1. The molecule has 0 aliphatic carbocycles. The zero-order valence-corrected chi connectivity index (χ0v) is 15.7. The van der Waals surface area contributed by atoms with Crippen LogP contribution in [0.4, 0.5) is 0 Å². The zero-order valence-electron chi connectivity index (χ0n) is 15.7. The lowest BCUT2D eigenvalue weighted by Crippen LogP contribution is -2.24. The van der Waals surface area contributed by atoms with Crippen molar-refractivity contribution in [3.63, 3.8) is 0 Å². The van der Waals surface area contributed by atoms with Crippen molar-refractivity contribution in [2.75, 3.05) is 13.7 Å². The third-order valence-electron chi connectivity index (χ3n) is 4.22. The molecule has 0 aliphatic rings. The van der Waals surface area contributed by atoms with Gasteiger partial charge in [0.1, 0.15) is 11.5 Å². The molecule has 0 aliphatic heterocycles. The number of methoxy groups -OCH3 is 1. The first kappa shape index (κ1) is 18.5. The first-order valence-corrected chi connectivity index (χ1v) is 8.66. The van der Waals surface area contributed by atoms with Gasteiger partial charge in [-0.1, -0.05) is 42.0 Å². The second kappa shape index (κ2) is 8.36. The van der Waals surface area contributed by atoms with E-state index < -0.39 is 0 Å². The number of hydrogen-bond acceptors (Lipinski definition) is 4. The van der Waals surface area contributed by atoms with Crippen molar-refractivity contribution >= 4 is 22.9 Å². The Labute approximate surface area is 158 Å². The number of amides is 1. The van der Waals surface area contributed by atoms with Gasteiger partial charge in [0.05, 0.1) is 13.3 Å². The van der Waals surface area contributed by atoms with Crippen molar-refractivity contribution in [1.29, 1.82) is 0 Å². The fourth-order valence-electron chi connectivity index (χ4n) is 2.90. The van der Waals surface area contributed by atoms with E-state index in [0.29, 0.717) is 5.75 Å². The summed E-state index contributed by atoms with van der Waals surface area (Å²) in [5.41, 5.74) is 5.54. The van der Waals surface area contributed by atoms with Crippen molar-refractivity contribution in [2.45, 2.75) is 13.8 Å². The minimum Gasteiger partial charge on any atom is -0.496 e. The molecule has 0 saturated carbocycles. The lowest BCUT2D eigenvalue weighted by atomic mass is 10.0. The Morgan fingerprint density at radius 1 is 1.04 bits per heavy atom. The number of aryl methyl sites for hydroxylation is 2. The maximum Gasteiger partial charge on any atom is 0.277 e. The van der Waals surface area contributed by atoms with Crippen LogP contribution in [0, 0.1) is 13.8 Å². The maximum atomic E-state index is 12.0. The number of nitrogens with zero attached hydrogens (tertiary/aromatic N) is 1. The van der Waals surface area contributed by atoms with Gasteiger partial charge < -0.3 is 9.47 Å². The molecule has 0 bridgehead atoms. The van der Waals surface area contributed by atoms with Crippen molar-refractivity contribution in [3.05, 3.63) is 71.3 Å². The summed E-state index contributed by atoms with van der Waals surface area (Å²) in [5.74, 6) is 1.18. The summed E-state index contributed by atoms with van der Waals surface area (Å²) in [6.45, 7) is 3.87. The molecule has 3 rings (SSSR count). The van der Waals surface area contributed by atoms with E-state index in [9.17, 15) is 4.79 Å². The minimum absolute atomic E-state index is 0.0927. The first-order valence-electron chi connectivity index (χ1n) is 8.66. The molecule has 0 atom stereocenters. The molecule has 3 aromatic rings. The molecule has 0 fully saturated rings. The van der Waals surface area contributed by atoms with Crippen LogP contribution in [0.15, 0.2) is 59.7 Å². The topological polar surface area (TPSA) is 59.9 Å². The smallest absolute Gasteiger partial charge is 0.277 e. The summed E-state index contributed by atoms with van der Waals surface area (Å²) in [6.07, 6.45) is 1.62. The molecule has 27 heavy (non-hydrogen) atoms. The molecule has 3 aromatic carbocycles. The van der Waals surface area contributed by atoms with Crippen molar-refractivity contribution < 1.29 is 14.3 Å². The molecule has 0 spiro atoms. The maximum absolute atomic E-state index is 12.0. The van der Waals surface area contributed by atoms with Gasteiger partial charge in [0, 0.05) is 10.9 Å². The third kappa shape index (κ3) is 4.44. The quantitative estimate of drug-likeness (QED) is 0.533. The Morgan fingerprint density at radius 2 is 1.78 bits per heavy atom. The third-order valence-corrected chi connectivity index (χ3v) is 4.22. The van der Waals surface area contributed by atoms with Crippen LogP contribution in [0.25, 0.3) is 10.8 Å². The van der Waals surface area contributed by atoms with Gasteiger partial charge in [-0.3, -0.25) is 4.79 Å². The summed E-state index contributed by atoms with van der Waals surface area (Å²) in [5, 5.41) is 6.05. The highest BCUT2D eigenvalue weighted by Gasteiger charge is 2.06.